The predicted molar refractivity (Wildman–Crippen MR) is 77.0 cm³/mol. The highest BCUT2D eigenvalue weighted by molar-refractivity contribution is 5.88. The first kappa shape index (κ1) is 14.5. The van der Waals surface area contributed by atoms with Gasteiger partial charge in [-0.1, -0.05) is 13.8 Å². The van der Waals surface area contributed by atoms with Gasteiger partial charge < -0.3 is 15.5 Å². The quantitative estimate of drug-likeness (QED) is 0.780. The van der Waals surface area contributed by atoms with Gasteiger partial charge in [0.05, 0.1) is 0 Å². The molecule has 1 rings (SSSR count). The van der Waals surface area contributed by atoms with Crippen LogP contribution in [0, 0.1) is 0 Å². The van der Waals surface area contributed by atoms with Crippen molar-refractivity contribution in [1.82, 2.24) is 4.90 Å². The summed E-state index contributed by atoms with van der Waals surface area (Å²) in [4.78, 5) is 13.3. The molecule has 0 aromatic heterocycles. The van der Waals surface area contributed by atoms with Gasteiger partial charge in [0.15, 0.2) is 0 Å². The van der Waals surface area contributed by atoms with E-state index in [-0.39, 0.29) is 5.91 Å². The maximum absolute atomic E-state index is 10.9. The standard InChI is InChI=1S/C14H23N3O/c1-4-17(5-2)11-10-15-13-6-8-14(9-7-13)16-12(3)18/h6-9,15H,4-5,10-11H2,1-3H3,(H,16,18). The molecule has 0 saturated carbocycles. The van der Waals surface area contributed by atoms with Crippen LogP contribution < -0.4 is 10.6 Å². The van der Waals surface area contributed by atoms with E-state index in [2.05, 4.69) is 29.4 Å². The van der Waals surface area contributed by atoms with Gasteiger partial charge in [-0.25, -0.2) is 0 Å². The van der Waals surface area contributed by atoms with Gasteiger partial charge >= 0.3 is 0 Å². The summed E-state index contributed by atoms with van der Waals surface area (Å²) < 4.78 is 0. The molecule has 0 unspecified atom stereocenters. The van der Waals surface area contributed by atoms with E-state index < -0.39 is 0 Å². The smallest absolute Gasteiger partial charge is 0.221 e. The van der Waals surface area contributed by atoms with E-state index in [1.54, 1.807) is 0 Å². The summed E-state index contributed by atoms with van der Waals surface area (Å²) in [5, 5.41) is 6.12. The lowest BCUT2D eigenvalue weighted by Gasteiger charge is -2.18. The molecule has 4 nitrogen and oxygen atoms in total. The fourth-order valence-corrected chi connectivity index (χ4v) is 1.77. The third-order valence-electron chi connectivity index (χ3n) is 2.86. The van der Waals surface area contributed by atoms with Crippen molar-refractivity contribution in [1.29, 1.82) is 0 Å². The molecule has 0 radical (unpaired) electrons. The van der Waals surface area contributed by atoms with E-state index in [1.807, 2.05) is 24.3 Å². The Morgan fingerprint density at radius 2 is 1.67 bits per heavy atom. The minimum Gasteiger partial charge on any atom is -0.384 e. The Kier molecular flexibility index (Phi) is 6.22. The van der Waals surface area contributed by atoms with Crippen LogP contribution in [0.5, 0.6) is 0 Å². The van der Waals surface area contributed by atoms with Crippen LogP contribution in [0.2, 0.25) is 0 Å². The fourth-order valence-electron chi connectivity index (χ4n) is 1.77. The number of nitrogens with zero attached hydrogens (tertiary/aromatic N) is 1. The van der Waals surface area contributed by atoms with Gasteiger partial charge in [0.25, 0.3) is 0 Å². The average molecular weight is 249 g/mol. The molecule has 0 saturated heterocycles. The maximum Gasteiger partial charge on any atom is 0.221 e. The molecule has 1 aromatic rings. The molecule has 100 valence electrons. The Hall–Kier alpha value is -1.55. The first-order valence-electron chi connectivity index (χ1n) is 6.49. The molecule has 0 fully saturated rings. The number of anilines is 2. The molecule has 4 heteroatoms. The van der Waals surface area contributed by atoms with E-state index in [0.29, 0.717) is 0 Å². The second kappa shape index (κ2) is 7.71. The monoisotopic (exact) mass is 249 g/mol. The molecule has 0 aliphatic heterocycles. The molecule has 0 atom stereocenters. The van der Waals surface area contributed by atoms with Crippen molar-refractivity contribution >= 4 is 17.3 Å². The molecule has 1 amide bonds. The van der Waals surface area contributed by atoms with Gasteiger partial charge in [0.1, 0.15) is 0 Å². The summed E-state index contributed by atoms with van der Waals surface area (Å²) in [7, 11) is 0. The molecule has 18 heavy (non-hydrogen) atoms. The number of rotatable bonds is 7. The third kappa shape index (κ3) is 5.19. The predicted octanol–water partition coefficient (Wildman–Crippen LogP) is 2.40. The highest BCUT2D eigenvalue weighted by Crippen LogP contribution is 2.13. The molecular weight excluding hydrogens is 226 g/mol. The van der Waals surface area contributed by atoms with Crippen molar-refractivity contribution in [2.45, 2.75) is 20.8 Å². The number of amides is 1. The summed E-state index contributed by atoms with van der Waals surface area (Å²) in [6, 6.07) is 7.77. The largest absolute Gasteiger partial charge is 0.384 e. The normalized spacial score (nSPS) is 10.4. The van der Waals surface area contributed by atoms with Gasteiger partial charge in [0, 0.05) is 31.4 Å². The molecule has 0 spiro atoms. The second-order valence-electron chi connectivity index (χ2n) is 4.21. The van der Waals surface area contributed by atoms with Gasteiger partial charge in [-0.05, 0) is 37.4 Å². The Morgan fingerprint density at radius 3 is 2.17 bits per heavy atom. The van der Waals surface area contributed by atoms with Crippen LogP contribution >= 0.6 is 0 Å². The minimum atomic E-state index is -0.0442. The van der Waals surface area contributed by atoms with Gasteiger partial charge in [-0.2, -0.15) is 0 Å². The van der Waals surface area contributed by atoms with Gasteiger partial charge in [-0.3, -0.25) is 4.79 Å². The maximum atomic E-state index is 10.9. The number of nitrogens with one attached hydrogen (secondary N) is 2. The average Bonchev–Trinajstić information content (AvgIpc) is 2.36. The first-order chi connectivity index (χ1) is 8.65. The Labute approximate surface area is 109 Å². The Morgan fingerprint density at radius 1 is 1.11 bits per heavy atom. The van der Waals surface area contributed by atoms with Crippen molar-refractivity contribution in [2.24, 2.45) is 0 Å². The molecular formula is C14H23N3O. The summed E-state index contributed by atoms with van der Waals surface area (Å²) in [6.07, 6.45) is 0. The van der Waals surface area contributed by atoms with Crippen molar-refractivity contribution < 1.29 is 4.79 Å². The molecule has 1 aromatic carbocycles. The van der Waals surface area contributed by atoms with Crippen LogP contribution in [0.15, 0.2) is 24.3 Å². The van der Waals surface area contributed by atoms with E-state index in [9.17, 15) is 4.79 Å². The zero-order valence-corrected chi connectivity index (χ0v) is 11.5. The fraction of sp³-hybridized carbons (Fsp3) is 0.500. The summed E-state index contributed by atoms with van der Waals surface area (Å²) >= 11 is 0. The van der Waals surface area contributed by atoms with Crippen LogP contribution in [0.1, 0.15) is 20.8 Å². The van der Waals surface area contributed by atoms with Crippen molar-refractivity contribution in [3.8, 4) is 0 Å². The van der Waals surface area contributed by atoms with E-state index in [1.165, 1.54) is 6.92 Å². The number of likely N-dealkylation sites (N-methyl/N-ethyl adjacent to an activating group) is 1. The summed E-state index contributed by atoms with van der Waals surface area (Å²) in [6.45, 7) is 9.99. The van der Waals surface area contributed by atoms with Crippen LogP contribution in [-0.2, 0) is 4.79 Å². The summed E-state index contributed by atoms with van der Waals surface area (Å²) in [5.74, 6) is -0.0442. The lowest BCUT2D eigenvalue weighted by atomic mass is 10.2. The van der Waals surface area contributed by atoms with Crippen molar-refractivity contribution in [3.63, 3.8) is 0 Å². The Bertz CT molecular complexity index is 358. The highest BCUT2D eigenvalue weighted by atomic mass is 16.1. The second-order valence-corrected chi connectivity index (χ2v) is 4.21. The lowest BCUT2D eigenvalue weighted by molar-refractivity contribution is -0.114. The zero-order valence-electron chi connectivity index (χ0n) is 11.5. The van der Waals surface area contributed by atoms with Gasteiger partial charge in [0.2, 0.25) is 5.91 Å². The van der Waals surface area contributed by atoms with E-state index in [4.69, 9.17) is 0 Å². The minimum absolute atomic E-state index is 0.0442. The van der Waals surface area contributed by atoms with Crippen molar-refractivity contribution in [3.05, 3.63) is 24.3 Å². The van der Waals surface area contributed by atoms with Crippen LogP contribution in [0.4, 0.5) is 11.4 Å². The van der Waals surface area contributed by atoms with E-state index >= 15 is 0 Å². The topological polar surface area (TPSA) is 44.4 Å². The van der Waals surface area contributed by atoms with Crippen LogP contribution in [0.3, 0.4) is 0 Å². The highest BCUT2D eigenvalue weighted by Gasteiger charge is 1.99. The van der Waals surface area contributed by atoms with Crippen LogP contribution in [0.25, 0.3) is 0 Å². The number of carbonyl (C=O) groups excluding carboxylic acids is 1. The number of benzene rings is 1. The lowest BCUT2D eigenvalue weighted by Crippen LogP contribution is -2.28. The third-order valence-corrected chi connectivity index (χ3v) is 2.86. The summed E-state index contributed by atoms with van der Waals surface area (Å²) in [5.41, 5.74) is 1.91. The molecule has 0 bridgehead atoms. The molecule has 0 heterocycles. The van der Waals surface area contributed by atoms with E-state index in [0.717, 1.165) is 37.6 Å². The first-order valence-corrected chi connectivity index (χ1v) is 6.49. The molecule has 0 aliphatic rings. The molecule has 0 aliphatic carbocycles. The van der Waals surface area contributed by atoms with Gasteiger partial charge in [-0.15, -0.1) is 0 Å². The SMILES string of the molecule is CCN(CC)CCNc1ccc(NC(C)=O)cc1. The molecule has 2 N–H and O–H groups in total. The number of hydrogen-bond acceptors (Lipinski definition) is 3. The number of carbonyl (C=O) groups is 1. The zero-order chi connectivity index (χ0) is 13.4. The van der Waals surface area contributed by atoms with Crippen molar-refractivity contribution in [2.75, 3.05) is 36.8 Å². The van der Waals surface area contributed by atoms with Crippen LogP contribution in [-0.4, -0.2) is 37.0 Å². The number of hydrogen-bond donors (Lipinski definition) is 2. The Balaban J connectivity index is 2.37.